The van der Waals surface area contributed by atoms with Gasteiger partial charge in [-0.15, -0.1) is 0 Å². The summed E-state index contributed by atoms with van der Waals surface area (Å²) in [7, 11) is 0. The molecule has 0 saturated heterocycles. The molecule has 2 unspecified atom stereocenters. The molecule has 6 nitrogen and oxygen atoms in total. The highest BCUT2D eigenvalue weighted by molar-refractivity contribution is 5.93. The van der Waals surface area contributed by atoms with Crippen LogP contribution in [-0.2, 0) is 6.42 Å². The van der Waals surface area contributed by atoms with Crippen LogP contribution in [0.5, 0.6) is 0 Å². The molecule has 3 N–H and O–H groups in total. The molecule has 2 aliphatic rings. The van der Waals surface area contributed by atoms with Crippen LogP contribution in [0.2, 0.25) is 0 Å². The van der Waals surface area contributed by atoms with Gasteiger partial charge in [-0.3, -0.25) is 0 Å². The van der Waals surface area contributed by atoms with Gasteiger partial charge >= 0.3 is 0 Å². The molecule has 3 heterocycles. The lowest BCUT2D eigenvalue weighted by Crippen LogP contribution is -2.43. The van der Waals surface area contributed by atoms with E-state index in [1.807, 2.05) is 36.8 Å². The molecule has 30 heavy (non-hydrogen) atoms. The molecule has 0 saturated carbocycles. The highest BCUT2D eigenvalue weighted by Crippen LogP contribution is 2.32. The van der Waals surface area contributed by atoms with Crippen molar-refractivity contribution in [2.24, 2.45) is 10.9 Å². The maximum absolute atomic E-state index is 13.5. The number of guanidine groups is 1. The topological polar surface area (TPSA) is 74.5 Å². The lowest BCUT2D eigenvalue weighted by Gasteiger charge is -2.24. The second-order valence-corrected chi connectivity index (χ2v) is 7.73. The highest BCUT2D eigenvalue weighted by atomic mass is 19.1. The fourth-order valence-corrected chi connectivity index (χ4v) is 3.50. The minimum atomic E-state index is -0.285. The predicted octanol–water partition coefficient (Wildman–Crippen LogP) is 3.18. The number of nitrogens with one attached hydrogen (secondary N) is 2. The standard InChI is InChI=1S/C23H26FN5O/c1-14(2)15(3)26-23-25-10-8-19(27-23)22-21(17-4-6-18(24)7-5-17)28-20-12-16(13-30)9-11-29(20)22/h4-9,11,15-16,30H,1,10,12-13H2,2-3H3,(H2,25,26,27). The monoisotopic (exact) mass is 407 g/mol. The first kappa shape index (κ1) is 20.1. The molecule has 0 fully saturated rings. The van der Waals surface area contributed by atoms with Gasteiger partial charge < -0.3 is 20.3 Å². The zero-order valence-corrected chi connectivity index (χ0v) is 17.2. The van der Waals surface area contributed by atoms with Gasteiger partial charge in [0.05, 0.1) is 23.6 Å². The number of aliphatic hydroxyl groups is 1. The highest BCUT2D eigenvalue weighted by Gasteiger charge is 2.26. The quantitative estimate of drug-likeness (QED) is 0.666. The van der Waals surface area contributed by atoms with Gasteiger partial charge in [0.1, 0.15) is 11.6 Å². The summed E-state index contributed by atoms with van der Waals surface area (Å²) in [6.45, 7) is 8.60. The van der Waals surface area contributed by atoms with Gasteiger partial charge in [0.25, 0.3) is 0 Å². The van der Waals surface area contributed by atoms with E-state index < -0.39 is 0 Å². The Hall–Kier alpha value is -3.19. The van der Waals surface area contributed by atoms with Crippen LogP contribution in [0.3, 0.4) is 0 Å². The van der Waals surface area contributed by atoms with Crippen molar-refractivity contribution >= 4 is 17.9 Å². The molecule has 2 aliphatic heterocycles. The minimum Gasteiger partial charge on any atom is -0.396 e. The van der Waals surface area contributed by atoms with Crippen molar-refractivity contribution in [1.29, 1.82) is 0 Å². The molecular weight excluding hydrogens is 381 g/mol. The van der Waals surface area contributed by atoms with E-state index in [1.54, 1.807) is 12.1 Å². The molecule has 0 spiro atoms. The molecule has 2 atom stereocenters. The van der Waals surface area contributed by atoms with E-state index in [0.29, 0.717) is 18.9 Å². The Labute approximate surface area is 175 Å². The van der Waals surface area contributed by atoms with Crippen LogP contribution in [0.25, 0.3) is 23.2 Å². The number of benzene rings is 1. The number of hydrogen-bond donors (Lipinski definition) is 3. The summed E-state index contributed by atoms with van der Waals surface area (Å²) in [5.74, 6) is 1.29. The van der Waals surface area contributed by atoms with Crippen molar-refractivity contribution in [3.8, 4) is 11.3 Å². The Balaban J connectivity index is 1.73. The molecule has 1 aromatic carbocycles. The third-order valence-corrected chi connectivity index (χ3v) is 5.43. The van der Waals surface area contributed by atoms with Crippen LogP contribution < -0.4 is 10.6 Å². The maximum atomic E-state index is 13.5. The van der Waals surface area contributed by atoms with E-state index in [2.05, 4.69) is 22.2 Å². The van der Waals surface area contributed by atoms with Crippen LogP contribution >= 0.6 is 0 Å². The van der Waals surface area contributed by atoms with Crippen LogP contribution in [-0.4, -0.2) is 39.8 Å². The number of imidazole rings is 1. The third-order valence-electron chi connectivity index (χ3n) is 5.43. The van der Waals surface area contributed by atoms with Crippen molar-refractivity contribution in [1.82, 2.24) is 20.2 Å². The van der Waals surface area contributed by atoms with Gasteiger partial charge in [0.15, 0.2) is 5.96 Å². The van der Waals surface area contributed by atoms with Crippen molar-refractivity contribution in [3.05, 3.63) is 65.9 Å². The summed E-state index contributed by atoms with van der Waals surface area (Å²) in [6.07, 6.45) is 6.60. The van der Waals surface area contributed by atoms with Crippen LogP contribution in [0.1, 0.15) is 25.4 Å². The van der Waals surface area contributed by atoms with Gasteiger partial charge in [-0.2, -0.15) is 0 Å². The van der Waals surface area contributed by atoms with E-state index in [-0.39, 0.29) is 24.4 Å². The van der Waals surface area contributed by atoms with E-state index in [9.17, 15) is 9.50 Å². The Morgan fingerprint density at radius 2 is 2.17 bits per heavy atom. The molecule has 7 heteroatoms. The van der Waals surface area contributed by atoms with Crippen LogP contribution in [0.15, 0.2) is 53.6 Å². The SMILES string of the molecule is C=C(C)C(C)NC1=NCC=C(c2c(-c3ccc(F)cc3)nc3n2C=CC(CO)C3)N1. The first-order valence-electron chi connectivity index (χ1n) is 10.1. The predicted molar refractivity (Wildman–Crippen MR) is 118 cm³/mol. The summed E-state index contributed by atoms with van der Waals surface area (Å²) in [5.41, 5.74) is 4.38. The minimum absolute atomic E-state index is 0.0392. The second kappa shape index (κ2) is 8.28. The summed E-state index contributed by atoms with van der Waals surface area (Å²) in [5, 5.41) is 16.3. The van der Waals surface area contributed by atoms with Crippen molar-refractivity contribution < 1.29 is 9.50 Å². The Morgan fingerprint density at radius 3 is 2.87 bits per heavy atom. The molecular formula is C23H26FN5O. The maximum Gasteiger partial charge on any atom is 0.196 e. The zero-order valence-electron chi connectivity index (χ0n) is 17.2. The molecule has 0 aliphatic carbocycles. The number of aromatic nitrogens is 2. The molecule has 156 valence electrons. The number of aliphatic imine (C=N–C) groups is 1. The average molecular weight is 407 g/mol. The first-order valence-corrected chi connectivity index (χ1v) is 10.1. The average Bonchev–Trinajstić information content (AvgIpc) is 3.12. The van der Waals surface area contributed by atoms with Crippen LogP contribution in [0, 0.1) is 11.7 Å². The summed E-state index contributed by atoms with van der Waals surface area (Å²) in [4.78, 5) is 9.37. The number of nitrogens with zero attached hydrogens (tertiary/aromatic N) is 3. The number of halogens is 1. The summed E-state index contributed by atoms with van der Waals surface area (Å²) >= 11 is 0. The molecule has 2 aromatic rings. The number of rotatable bonds is 5. The van der Waals surface area contributed by atoms with Gasteiger partial charge in [0.2, 0.25) is 0 Å². The second-order valence-electron chi connectivity index (χ2n) is 7.73. The van der Waals surface area contributed by atoms with E-state index in [1.165, 1.54) is 12.1 Å². The van der Waals surface area contributed by atoms with Crippen molar-refractivity contribution in [2.75, 3.05) is 13.2 Å². The van der Waals surface area contributed by atoms with Crippen molar-refractivity contribution in [3.63, 3.8) is 0 Å². The zero-order chi connectivity index (χ0) is 21.3. The molecule has 1 aromatic heterocycles. The van der Waals surface area contributed by atoms with E-state index in [0.717, 1.165) is 34.0 Å². The smallest absolute Gasteiger partial charge is 0.196 e. The van der Waals surface area contributed by atoms with Crippen LogP contribution in [0.4, 0.5) is 4.39 Å². The first-order chi connectivity index (χ1) is 14.5. The Morgan fingerprint density at radius 1 is 1.40 bits per heavy atom. The third kappa shape index (κ3) is 3.93. The fraction of sp³-hybridized carbons (Fsp3) is 0.304. The molecule has 0 bridgehead atoms. The number of hydrogen-bond acceptors (Lipinski definition) is 5. The van der Waals surface area contributed by atoms with Crippen molar-refractivity contribution in [2.45, 2.75) is 26.3 Å². The molecule has 0 amide bonds. The Kier molecular flexibility index (Phi) is 5.55. The molecule has 0 radical (unpaired) electrons. The summed E-state index contributed by atoms with van der Waals surface area (Å²) in [6, 6.07) is 6.43. The number of fused-ring (bicyclic) bond motifs is 1. The van der Waals surface area contributed by atoms with Gasteiger partial charge in [0, 0.05) is 36.8 Å². The normalized spacial score (nSPS) is 18.7. The lowest BCUT2D eigenvalue weighted by molar-refractivity contribution is 0.249. The van der Waals surface area contributed by atoms with Gasteiger partial charge in [-0.1, -0.05) is 18.2 Å². The Bertz CT molecular complexity index is 1050. The lowest BCUT2D eigenvalue weighted by atomic mass is 10.0. The van der Waals surface area contributed by atoms with E-state index in [4.69, 9.17) is 4.98 Å². The summed E-state index contributed by atoms with van der Waals surface area (Å²) < 4.78 is 15.5. The largest absolute Gasteiger partial charge is 0.396 e. The van der Waals surface area contributed by atoms with Gasteiger partial charge in [-0.05, 0) is 44.2 Å². The van der Waals surface area contributed by atoms with E-state index >= 15 is 0 Å². The van der Waals surface area contributed by atoms with Gasteiger partial charge in [-0.25, -0.2) is 14.4 Å². The number of aliphatic hydroxyl groups excluding tert-OH is 1. The fourth-order valence-electron chi connectivity index (χ4n) is 3.50. The molecule has 4 rings (SSSR count).